The van der Waals surface area contributed by atoms with Gasteiger partial charge in [0.15, 0.2) is 0 Å². The summed E-state index contributed by atoms with van der Waals surface area (Å²) in [6.45, 7) is 2.64. The van der Waals surface area contributed by atoms with Crippen molar-refractivity contribution in [2.24, 2.45) is 0 Å². The Labute approximate surface area is 102 Å². The van der Waals surface area contributed by atoms with Gasteiger partial charge in [-0.1, -0.05) is 13.3 Å². The van der Waals surface area contributed by atoms with Crippen LogP contribution in [0.5, 0.6) is 0 Å². The Morgan fingerprint density at radius 3 is 2.76 bits per heavy atom. The fourth-order valence-electron chi connectivity index (χ4n) is 2.25. The smallest absolute Gasteiger partial charge is 0.303 e. The molecule has 0 aromatic heterocycles. The van der Waals surface area contributed by atoms with E-state index in [4.69, 9.17) is 9.79 Å². The lowest BCUT2D eigenvalue weighted by molar-refractivity contribution is -0.0873. The minimum Gasteiger partial charge on any atom is -0.303 e. The number of nitrogens with zero attached hydrogens (tertiary/aromatic N) is 1. The van der Waals surface area contributed by atoms with E-state index in [0.717, 1.165) is 25.8 Å². The third kappa shape index (κ3) is 5.46. The van der Waals surface area contributed by atoms with E-state index in [9.17, 15) is 9.67 Å². The largest absolute Gasteiger partial charge is 0.469 e. The summed E-state index contributed by atoms with van der Waals surface area (Å²) in [7, 11) is -4.38. The predicted molar refractivity (Wildman–Crippen MR) is 61.7 cm³/mol. The Morgan fingerprint density at radius 1 is 1.47 bits per heavy atom. The minimum atomic E-state index is -4.38. The summed E-state index contributed by atoms with van der Waals surface area (Å²) in [6, 6.07) is 0.0951. The molecule has 1 aliphatic heterocycles. The van der Waals surface area contributed by atoms with E-state index in [0.29, 0.717) is 12.8 Å². The minimum absolute atomic E-state index is 0.00186. The van der Waals surface area contributed by atoms with Gasteiger partial charge in [0.1, 0.15) is 6.23 Å². The van der Waals surface area contributed by atoms with Crippen LogP contribution in [0, 0.1) is 0 Å². The van der Waals surface area contributed by atoms with Crippen molar-refractivity contribution in [3.63, 3.8) is 0 Å². The number of phosphoric acid groups is 1. The Hall–Kier alpha value is 0.0300. The van der Waals surface area contributed by atoms with E-state index in [-0.39, 0.29) is 12.6 Å². The van der Waals surface area contributed by atoms with Gasteiger partial charge in [-0.15, -0.1) is 0 Å². The first-order chi connectivity index (χ1) is 7.94. The van der Waals surface area contributed by atoms with Gasteiger partial charge in [0, 0.05) is 12.6 Å². The molecule has 0 aromatic rings. The van der Waals surface area contributed by atoms with Crippen molar-refractivity contribution >= 4 is 7.82 Å². The Balaban J connectivity index is 2.40. The zero-order valence-electron chi connectivity index (χ0n) is 10.1. The molecule has 6 nitrogen and oxygen atoms in total. The van der Waals surface area contributed by atoms with E-state index in [1.807, 2.05) is 11.8 Å². The molecular weight excluding hydrogens is 245 g/mol. The van der Waals surface area contributed by atoms with Gasteiger partial charge in [-0.3, -0.25) is 9.42 Å². The zero-order chi connectivity index (χ0) is 12.9. The third-order valence-electron chi connectivity index (χ3n) is 3.10. The molecule has 2 unspecified atom stereocenters. The normalized spacial score (nSPS) is 24.8. The third-order valence-corrected chi connectivity index (χ3v) is 3.62. The van der Waals surface area contributed by atoms with Crippen LogP contribution in [0.1, 0.15) is 39.0 Å². The summed E-state index contributed by atoms with van der Waals surface area (Å²) in [5, 5.41) is 11.8. The molecule has 101 valence electrons. The summed E-state index contributed by atoms with van der Waals surface area (Å²) in [5.74, 6) is 0. The van der Waals surface area contributed by atoms with Crippen molar-refractivity contribution in [1.29, 1.82) is 0 Å². The van der Waals surface area contributed by atoms with Gasteiger partial charge >= 0.3 is 7.82 Å². The van der Waals surface area contributed by atoms with Gasteiger partial charge in [0.25, 0.3) is 0 Å². The standard InChI is InChI=1S/C10H21NO5P/c1-2-10(12)11-7-4-3-5-9(11)6-8-16-17(13,14)15/h9-10H,2-8H2,1H3,(H2,13,14,15). The lowest BCUT2D eigenvalue weighted by Crippen LogP contribution is -2.45. The maximum atomic E-state index is 11.8. The van der Waals surface area contributed by atoms with E-state index >= 15 is 0 Å². The van der Waals surface area contributed by atoms with Gasteiger partial charge in [0.05, 0.1) is 6.61 Å². The van der Waals surface area contributed by atoms with Crippen LogP contribution in [0.4, 0.5) is 0 Å². The Bertz CT molecular complexity index is 269. The van der Waals surface area contributed by atoms with Crippen molar-refractivity contribution in [3.8, 4) is 0 Å². The highest BCUT2D eigenvalue weighted by atomic mass is 31.2. The molecule has 0 amide bonds. The summed E-state index contributed by atoms with van der Waals surface area (Å²) in [5.41, 5.74) is 0. The predicted octanol–water partition coefficient (Wildman–Crippen LogP) is 1.51. The molecule has 0 bridgehead atoms. The van der Waals surface area contributed by atoms with E-state index in [1.165, 1.54) is 0 Å². The van der Waals surface area contributed by atoms with E-state index < -0.39 is 14.1 Å². The first-order valence-corrected chi connectivity index (χ1v) is 7.58. The maximum Gasteiger partial charge on any atom is 0.469 e. The number of likely N-dealkylation sites (tertiary alicyclic amines) is 1. The average Bonchev–Trinajstić information content (AvgIpc) is 2.27. The van der Waals surface area contributed by atoms with Crippen molar-refractivity contribution in [2.75, 3.05) is 13.2 Å². The molecule has 2 atom stereocenters. The van der Waals surface area contributed by atoms with Crippen molar-refractivity contribution in [2.45, 2.75) is 51.3 Å². The zero-order valence-corrected chi connectivity index (χ0v) is 11.0. The van der Waals surface area contributed by atoms with Gasteiger partial charge in [-0.2, -0.15) is 0 Å². The topological polar surface area (TPSA) is 89.9 Å². The summed E-state index contributed by atoms with van der Waals surface area (Å²) in [6.07, 6.45) is 3.33. The maximum absolute atomic E-state index is 11.8. The highest BCUT2D eigenvalue weighted by Crippen LogP contribution is 2.36. The van der Waals surface area contributed by atoms with Crippen LogP contribution in [-0.2, 0) is 14.2 Å². The van der Waals surface area contributed by atoms with Crippen LogP contribution in [0.25, 0.3) is 0 Å². The van der Waals surface area contributed by atoms with Crippen LogP contribution in [-0.4, -0.2) is 40.1 Å². The monoisotopic (exact) mass is 266 g/mol. The number of piperidine rings is 1. The lowest BCUT2D eigenvalue weighted by atomic mass is 9.99. The van der Waals surface area contributed by atoms with Crippen molar-refractivity contribution in [1.82, 2.24) is 4.90 Å². The molecule has 7 heteroatoms. The molecule has 2 N–H and O–H groups in total. The van der Waals surface area contributed by atoms with Gasteiger partial charge in [-0.25, -0.2) is 9.67 Å². The lowest BCUT2D eigenvalue weighted by Gasteiger charge is -2.37. The van der Waals surface area contributed by atoms with Crippen LogP contribution < -0.4 is 0 Å². The van der Waals surface area contributed by atoms with Crippen molar-refractivity contribution in [3.05, 3.63) is 0 Å². The molecule has 0 spiro atoms. The second-order valence-corrected chi connectivity index (χ2v) is 5.60. The Morgan fingerprint density at radius 2 is 2.18 bits per heavy atom. The first kappa shape index (κ1) is 15.1. The number of phosphoric ester groups is 1. The van der Waals surface area contributed by atoms with Gasteiger partial charge in [0.2, 0.25) is 0 Å². The fourth-order valence-corrected chi connectivity index (χ4v) is 2.60. The van der Waals surface area contributed by atoms with Crippen LogP contribution in [0.15, 0.2) is 0 Å². The van der Waals surface area contributed by atoms with Crippen LogP contribution >= 0.6 is 7.82 Å². The second kappa shape index (κ2) is 6.83. The summed E-state index contributed by atoms with van der Waals surface area (Å²) < 4.78 is 15.0. The quantitative estimate of drug-likeness (QED) is 0.711. The highest BCUT2D eigenvalue weighted by molar-refractivity contribution is 7.46. The average molecular weight is 266 g/mol. The molecule has 0 aromatic carbocycles. The van der Waals surface area contributed by atoms with Crippen LogP contribution in [0.3, 0.4) is 0 Å². The van der Waals surface area contributed by atoms with Gasteiger partial charge in [-0.05, 0) is 25.7 Å². The molecule has 1 heterocycles. The fraction of sp³-hybridized carbons (Fsp3) is 1.00. The molecule has 0 saturated carbocycles. The van der Waals surface area contributed by atoms with Gasteiger partial charge < -0.3 is 9.79 Å². The number of rotatable bonds is 6. The molecule has 17 heavy (non-hydrogen) atoms. The first-order valence-electron chi connectivity index (χ1n) is 6.05. The summed E-state index contributed by atoms with van der Waals surface area (Å²) in [4.78, 5) is 19.1. The highest BCUT2D eigenvalue weighted by Gasteiger charge is 2.28. The molecular formula is C10H21NO5P. The molecule has 1 rings (SSSR count). The van der Waals surface area contributed by atoms with Crippen LogP contribution in [0.2, 0.25) is 0 Å². The SMILES string of the molecule is CCC([O])N1CCCCC1CCOP(=O)(O)O. The second-order valence-electron chi connectivity index (χ2n) is 4.36. The Kier molecular flexibility index (Phi) is 6.06. The number of hydrogen-bond acceptors (Lipinski definition) is 3. The van der Waals surface area contributed by atoms with E-state index in [2.05, 4.69) is 4.52 Å². The van der Waals surface area contributed by atoms with E-state index in [1.54, 1.807) is 0 Å². The molecule has 0 aliphatic carbocycles. The molecule has 1 radical (unpaired) electrons. The van der Waals surface area contributed by atoms with Crippen molar-refractivity contribution < 1.29 is 24.0 Å². The molecule has 1 saturated heterocycles. The summed E-state index contributed by atoms with van der Waals surface area (Å²) >= 11 is 0. The molecule has 1 aliphatic rings. The molecule has 1 fully saturated rings. The number of hydrogen-bond donors (Lipinski definition) is 2.